The Labute approximate surface area is 89.2 Å². The van der Waals surface area contributed by atoms with Gasteiger partial charge in [-0.05, 0) is 25.0 Å². The highest BCUT2D eigenvalue weighted by Gasteiger charge is 2.14. The van der Waals surface area contributed by atoms with Crippen molar-refractivity contribution in [3.05, 3.63) is 47.5 Å². The molecular weight excluding hydrogens is 190 g/mol. The van der Waals surface area contributed by atoms with Crippen LogP contribution in [0.4, 0.5) is 0 Å². The largest absolute Gasteiger partial charge is 0.478 e. The smallest absolute Gasteiger partial charge is 0.336 e. The minimum Gasteiger partial charge on any atom is -0.478 e. The maximum Gasteiger partial charge on any atom is 0.336 e. The molecule has 0 aliphatic heterocycles. The molecule has 0 aromatic heterocycles. The van der Waals surface area contributed by atoms with Crippen LogP contribution in [0.2, 0.25) is 0 Å². The molecule has 3 heteroatoms. The lowest BCUT2D eigenvalue weighted by Crippen LogP contribution is -2.15. The molecular formula is C12H15NO2. The monoisotopic (exact) mass is 205 g/mol. The van der Waals surface area contributed by atoms with Gasteiger partial charge in [-0.3, -0.25) is 0 Å². The minimum absolute atomic E-state index is 0.270. The fourth-order valence-corrected chi connectivity index (χ4v) is 1.50. The highest BCUT2D eigenvalue weighted by molar-refractivity contribution is 5.89. The van der Waals surface area contributed by atoms with E-state index in [4.69, 9.17) is 10.8 Å². The number of hydrogen-bond donors (Lipinski definition) is 2. The second-order valence-electron chi connectivity index (χ2n) is 3.66. The van der Waals surface area contributed by atoms with E-state index in [2.05, 4.69) is 6.58 Å². The number of carboxylic acid groups (broad SMARTS) is 1. The predicted molar refractivity (Wildman–Crippen MR) is 59.8 cm³/mol. The van der Waals surface area contributed by atoms with Gasteiger partial charge in [0, 0.05) is 6.04 Å². The van der Waals surface area contributed by atoms with Crippen molar-refractivity contribution in [1.82, 2.24) is 0 Å². The fraction of sp³-hybridized carbons (Fsp3) is 0.250. The Hall–Kier alpha value is -1.61. The molecule has 3 nitrogen and oxygen atoms in total. The Kier molecular flexibility index (Phi) is 3.63. The van der Waals surface area contributed by atoms with E-state index < -0.39 is 5.97 Å². The first-order valence-electron chi connectivity index (χ1n) is 4.74. The van der Waals surface area contributed by atoms with Crippen LogP contribution in [0.15, 0.2) is 36.4 Å². The number of nitrogens with two attached hydrogens (primary N) is 1. The molecule has 1 atom stereocenters. The summed E-state index contributed by atoms with van der Waals surface area (Å²) >= 11 is 0. The van der Waals surface area contributed by atoms with Crippen LogP contribution >= 0.6 is 0 Å². The van der Waals surface area contributed by atoms with Crippen molar-refractivity contribution in [2.75, 3.05) is 0 Å². The standard InChI is InChI=1S/C12H15NO2/c1-8(2)7-11(13)9-5-3-4-6-10(9)12(14)15/h3-6,11H,1,7,13H2,2H3,(H,14,15)/t11-/m0/s1. The van der Waals surface area contributed by atoms with Crippen LogP contribution in [-0.2, 0) is 0 Å². The van der Waals surface area contributed by atoms with E-state index >= 15 is 0 Å². The fourth-order valence-electron chi connectivity index (χ4n) is 1.50. The third kappa shape index (κ3) is 2.92. The molecule has 0 unspecified atom stereocenters. The highest BCUT2D eigenvalue weighted by atomic mass is 16.4. The van der Waals surface area contributed by atoms with Gasteiger partial charge in [0.15, 0.2) is 0 Å². The molecule has 0 aliphatic rings. The van der Waals surface area contributed by atoms with Crippen LogP contribution in [0.3, 0.4) is 0 Å². The van der Waals surface area contributed by atoms with Crippen LogP contribution in [0.5, 0.6) is 0 Å². The molecule has 80 valence electrons. The molecule has 1 aromatic carbocycles. The Morgan fingerprint density at radius 1 is 1.53 bits per heavy atom. The van der Waals surface area contributed by atoms with E-state index in [-0.39, 0.29) is 11.6 Å². The first kappa shape index (κ1) is 11.5. The molecule has 0 heterocycles. The summed E-state index contributed by atoms with van der Waals surface area (Å²) in [5.74, 6) is -0.942. The second kappa shape index (κ2) is 4.75. The van der Waals surface area contributed by atoms with E-state index in [1.54, 1.807) is 24.3 Å². The third-order valence-electron chi connectivity index (χ3n) is 2.16. The summed E-state index contributed by atoms with van der Waals surface area (Å²) in [6.07, 6.45) is 0.601. The zero-order valence-corrected chi connectivity index (χ0v) is 8.73. The Bertz CT molecular complexity index is 385. The summed E-state index contributed by atoms with van der Waals surface area (Å²) in [5.41, 5.74) is 7.79. The van der Waals surface area contributed by atoms with E-state index in [9.17, 15) is 4.79 Å². The Morgan fingerprint density at radius 3 is 2.67 bits per heavy atom. The summed E-state index contributed by atoms with van der Waals surface area (Å²) < 4.78 is 0. The maximum absolute atomic E-state index is 10.9. The molecule has 0 saturated heterocycles. The molecule has 0 spiro atoms. The van der Waals surface area contributed by atoms with Crippen molar-refractivity contribution in [2.24, 2.45) is 5.73 Å². The van der Waals surface area contributed by atoms with Crippen LogP contribution in [0.25, 0.3) is 0 Å². The number of carbonyl (C=O) groups is 1. The third-order valence-corrected chi connectivity index (χ3v) is 2.16. The lowest BCUT2D eigenvalue weighted by atomic mass is 9.96. The summed E-state index contributed by atoms with van der Waals surface area (Å²) in [7, 11) is 0. The van der Waals surface area contributed by atoms with E-state index in [0.29, 0.717) is 12.0 Å². The number of rotatable bonds is 4. The quantitative estimate of drug-likeness (QED) is 0.741. The molecule has 1 rings (SSSR count). The zero-order valence-electron chi connectivity index (χ0n) is 8.73. The van der Waals surface area contributed by atoms with Crippen LogP contribution < -0.4 is 5.73 Å². The van der Waals surface area contributed by atoms with Gasteiger partial charge in [0.1, 0.15) is 0 Å². The first-order valence-corrected chi connectivity index (χ1v) is 4.74. The molecule has 3 N–H and O–H groups in total. The average molecular weight is 205 g/mol. The maximum atomic E-state index is 10.9. The van der Waals surface area contributed by atoms with Gasteiger partial charge < -0.3 is 10.8 Å². The van der Waals surface area contributed by atoms with Crippen LogP contribution in [-0.4, -0.2) is 11.1 Å². The Balaban J connectivity index is 3.02. The lowest BCUT2D eigenvalue weighted by Gasteiger charge is -2.14. The van der Waals surface area contributed by atoms with Crippen molar-refractivity contribution in [2.45, 2.75) is 19.4 Å². The van der Waals surface area contributed by atoms with Crippen molar-refractivity contribution in [1.29, 1.82) is 0 Å². The molecule has 15 heavy (non-hydrogen) atoms. The lowest BCUT2D eigenvalue weighted by molar-refractivity contribution is 0.0695. The number of hydrogen-bond acceptors (Lipinski definition) is 2. The van der Waals surface area contributed by atoms with E-state index in [0.717, 1.165) is 5.57 Å². The Morgan fingerprint density at radius 2 is 2.13 bits per heavy atom. The molecule has 0 bridgehead atoms. The summed E-state index contributed by atoms with van der Waals surface area (Å²) in [5, 5.41) is 8.97. The molecule has 0 amide bonds. The molecule has 0 fully saturated rings. The van der Waals surface area contributed by atoms with Gasteiger partial charge in [-0.25, -0.2) is 4.79 Å². The summed E-state index contributed by atoms with van der Waals surface area (Å²) in [4.78, 5) is 10.9. The van der Waals surface area contributed by atoms with Gasteiger partial charge in [0.05, 0.1) is 5.56 Å². The molecule has 0 aliphatic carbocycles. The summed E-state index contributed by atoms with van der Waals surface area (Å²) in [6, 6.07) is 6.50. The van der Waals surface area contributed by atoms with E-state index in [1.165, 1.54) is 0 Å². The summed E-state index contributed by atoms with van der Waals surface area (Å²) in [6.45, 7) is 5.65. The van der Waals surface area contributed by atoms with Crippen molar-refractivity contribution in [3.8, 4) is 0 Å². The highest BCUT2D eigenvalue weighted by Crippen LogP contribution is 2.21. The van der Waals surface area contributed by atoms with Gasteiger partial charge >= 0.3 is 5.97 Å². The molecule has 0 radical (unpaired) electrons. The average Bonchev–Trinajstić information content (AvgIpc) is 2.16. The van der Waals surface area contributed by atoms with Gasteiger partial charge in [0.25, 0.3) is 0 Å². The van der Waals surface area contributed by atoms with Crippen molar-refractivity contribution < 1.29 is 9.90 Å². The minimum atomic E-state index is -0.942. The van der Waals surface area contributed by atoms with Gasteiger partial charge in [-0.2, -0.15) is 0 Å². The van der Waals surface area contributed by atoms with Gasteiger partial charge in [-0.1, -0.05) is 23.8 Å². The van der Waals surface area contributed by atoms with Crippen molar-refractivity contribution >= 4 is 5.97 Å². The predicted octanol–water partition coefficient (Wildman–Crippen LogP) is 2.35. The van der Waals surface area contributed by atoms with Gasteiger partial charge in [0.2, 0.25) is 0 Å². The second-order valence-corrected chi connectivity index (χ2v) is 3.66. The zero-order chi connectivity index (χ0) is 11.4. The number of carboxylic acids is 1. The van der Waals surface area contributed by atoms with E-state index in [1.807, 2.05) is 6.92 Å². The number of aromatic carboxylic acids is 1. The number of benzene rings is 1. The normalized spacial score (nSPS) is 12.1. The first-order chi connectivity index (χ1) is 7.02. The topological polar surface area (TPSA) is 63.3 Å². The van der Waals surface area contributed by atoms with Crippen LogP contribution in [0, 0.1) is 0 Å². The van der Waals surface area contributed by atoms with Crippen LogP contribution in [0.1, 0.15) is 35.3 Å². The van der Waals surface area contributed by atoms with Crippen molar-refractivity contribution in [3.63, 3.8) is 0 Å². The van der Waals surface area contributed by atoms with Gasteiger partial charge in [-0.15, -0.1) is 6.58 Å². The SMILES string of the molecule is C=C(C)C[C@H](N)c1ccccc1C(=O)O. The molecule has 1 aromatic rings. The molecule has 0 saturated carbocycles.